The van der Waals surface area contributed by atoms with Crippen LogP contribution in [0.25, 0.3) is 11.0 Å². The molecule has 3 N–H and O–H groups in total. The van der Waals surface area contributed by atoms with Gasteiger partial charge in [0.05, 0.1) is 28.7 Å². The fraction of sp³-hybridized carbons (Fsp3) is 0.259. The van der Waals surface area contributed by atoms with Crippen LogP contribution in [0.15, 0.2) is 76.8 Å². The molecule has 3 aromatic carbocycles. The van der Waals surface area contributed by atoms with Crippen LogP contribution in [0.2, 0.25) is 0 Å². The van der Waals surface area contributed by atoms with E-state index in [0.29, 0.717) is 28.7 Å². The predicted octanol–water partition coefficient (Wildman–Crippen LogP) is 5.27. The summed E-state index contributed by atoms with van der Waals surface area (Å²) in [5.41, 5.74) is 3.70. The normalized spacial score (nSPS) is 12.4. The molecular weight excluding hydrogens is 508 g/mol. The standard InChI is InChI=1S/C27H30N4O4S2/c1-4-5-15-31-23-13-12-20(37(28,33)34)17-21(23)30-27(31)36-25(19-9-7-6-8-10-19)26(32)29-22-16-18(2)11-14-24(22)35-3/h6-14,16-17,25H,4-5,15H2,1-3H3,(H,29,32)(H2,28,33,34)/t25-/m1/s1. The van der Waals surface area contributed by atoms with E-state index in [-0.39, 0.29) is 10.8 Å². The van der Waals surface area contributed by atoms with Gasteiger partial charge in [-0.05, 0) is 54.8 Å². The molecule has 1 amide bonds. The first kappa shape index (κ1) is 26.7. The quantitative estimate of drug-likeness (QED) is 0.266. The highest BCUT2D eigenvalue weighted by Crippen LogP contribution is 2.38. The molecule has 0 spiro atoms. The van der Waals surface area contributed by atoms with Crippen LogP contribution < -0.4 is 15.2 Å². The van der Waals surface area contributed by atoms with E-state index in [9.17, 15) is 13.2 Å². The number of aryl methyl sites for hydroxylation is 2. The Morgan fingerprint density at radius 1 is 1.14 bits per heavy atom. The van der Waals surface area contributed by atoms with Crippen LogP contribution in [-0.2, 0) is 21.4 Å². The van der Waals surface area contributed by atoms with E-state index in [1.165, 1.54) is 23.9 Å². The van der Waals surface area contributed by atoms with Gasteiger partial charge >= 0.3 is 0 Å². The second-order valence-electron chi connectivity index (χ2n) is 8.70. The Morgan fingerprint density at radius 3 is 2.57 bits per heavy atom. The van der Waals surface area contributed by atoms with Crippen molar-refractivity contribution in [1.29, 1.82) is 0 Å². The number of carbonyl (C=O) groups is 1. The average Bonchev–Trinajstić information content (AvgIpc) is 3.22. The number of imidazole rings is 1. The Kier molecular flexibility index (Phi) is 8.21. The number of hydrogen-bond donors (Lipinski definition) is 2. The maximum atomic E-state index is 13.7. The minimum Gasteiger partial charge on any atom is -0.495 e. The smallest absolute Gasteiger partial charge is 0.242 e. The summed E-state index contributed by atoms with van der Waals surface area (Å²) in [5, 5.41) is 8.37. The van der Waals surface area contributed by atoms with Crippen molar-refractivity contribution in [2.75, 3.05) is 12.4 Å². The van der Waals surface area contributed by atoms with Crippen LogP contribution in [0.3, 0.4) is 0 Å². The van der Waals surface area contributed by atoms with Gasteiger partial charge in [0.15, 0.2) is 5.16 Å². The number of primary sulfonamides is 1. The van der Waals surface area contributed by atoms with Crippen LogP contribution in [0.1, 0.15) is 36.1 Å². The van der Waals surface area contributed by atoms with Crippen molar-refractivity contribution in [2.45, 2.75) is 48.5 Å². The van der Waals surface area contributed by atoms with Gasteiger partial charge in [0.25, 0.3) is 0 Å². The number of nitrogens with one attached hydrogen (secondary N) is 1. The molecule has 4 rings (SSSR count). The molecule has 1 aromatic heterocycles. The lowest BCUT2D eigenvalue weighted by Crippen LogP contribution is -2.20. The van der Waals surface area contributed by atoms with Gasteiger partial charge in [-0.2, -0.15) is 0 Å². The number of benzene rings is 3. The molecule has 0 bridgehead atoms. The van der Waals surface area contributed by atoms with Crippen molar-refractivity contribution in [3.63, 3.8) is 0 Å². The molecule has 1 atom stereocenters. The zero-order valence-electron chi connectivity index (χ0n) is 21.0. The van der Waals surface area contributed by atoms with Gasteiger partial charge in [0.1, 0.15) is 11.0 Å². The summed E-state index contributed by atoms with van der Waals surface area (Å²) < 4.78 is 31.3. The zero-order valence-corrected chi connectivity index (χ0v) is 22.6. The molecule has 194 valence electrons. The lowest BCUT2D eigenvalue weighted by Gasteiger charge is -2.19. The van der Waals surface area contributed by atoms with Crippen LogP contribution in [0.5, 0.6) is 5.75 Å². The summed E-state index contributed by atoms with van der Waals surface area (Å²) in [6, 6.07) is 19.8. The van der Waals surface area contributed by atoms with Crippen LogP contribution in [-0.4, -0.2) is 31.0 Å². The molecule has 37 heavy (non-hydrogen) atoms. The summed E-state index contributed by atoms with van der Waals surface area (Å²) >= 11 is 1.32. The van der Waals surface area contributed by atoms with E-state index in [1.807, 2.05) is 60.0 Å². The first-order chi connectivity index (χ1) is 17.7. The Labute approximate surface area is 221 Å². The van der Waals surface area contributed by atoms with E-state index >= 15 is 0 Å². The molecule has 1 heterocycles. The largest absolute Gasteiger partial charge is 0.495 e. The third-order valence-electron chi connectivity index (χ3n) is 5.93. The number of nitrogens with two attached hydrogens (primary N) is 1. The summed E-state index contributed by atoms with van der Waals surface area (Å²) in [6.07, 6.45) is 1.87. The third kappa shape index (κ3) is 6.15. The molecule has 0 aliphatic carbocycles. The fourth-order valence-electron chi connectivity index (χ4n) is 4.01. The number of carbonyl (C=O) groups excluding carboxylic acids is 1. The van der Waals surface area contributed by atoms with Crippen LogP contribution in [0, 0.1) is 6.92 Å². The topological polar surface area (TPSA) is 116 Å². The number of sulfonamides is 1. The zero-order chi connectivity index (χ0) is 26.6. The van der Waals surface area contributed by atoms with Crippen molar-refractivity contribution in [3.8, 4) is 5.75 Å². The minimum atomic E-state index is -3.87. The third-order valence-corrected chi connectivity index (χ3v) is 8.08. The van der Waals surface area contributed by atoms with Crippen molar-refractivity contribution < 1.29 is 17.9 Å². The van der Waals surface area contributed by atoms with E-state index < -0.39 is 15.3 Å². The van der Waals surface area contributed by atoms with Crippen molar-refractivity contribution in [2.24, 2.45) is 5.14 Å². The van der Waals surface area contributed by atoms with Gasteiger partial charge in [-0.3, -0.25) is 4.79 Å². The van der Waals surface area contributed by atoms with Gasteiger partial charge in [0.2, 0.25) is 15.9 Å². The fourth-order valence-corrected chi connectivity index (χ4v) is 5.68. The molecule has 0 aliphatic rings. The molecular formula is C27H30N4O4S2. The highest BCUT2D eigenvalue weighted by Gasteiger charge is 2.26. The summed E-state index contributed by atoms with van der Waals surface area (Å²) in [4.78, 5) is 18.4. The maximum Gasteiger partial charge on any atom is 0.242 e. The number of hydrogen-bond acceptors (Lipinski definition) is 6. The first-order valence-corrected chi connectivity index (χ1v) is 14.3. The number of unbranched alkanes of at least 4 members (excludes halogenated alkanes) is 1. The minimum absolute atomic E-state index is 0.000543. The highest BCUT2D eigenvalue weighted by atomic mass is 32.2. The number of ether oxygens (including phenoxy) is 1. The van der Waals surface area contributed by atoms with E-state index in [1.54, 1.807) is 13.2 Å². The number of aromatic nitrogens is 2. The number of thioether (sulfide) groups is 1. The van der Waals surface area contributed by atoms with E-state index in [0.717, 1.165) is 29.5 Å². The second kappa shape index (κ2) is 11.4. The molecule has 4 aromatic rings. The number of anilines is 1. The molecule has 0 saturated carbocycles. The summed E-state index contributed by atoms with van der Waals surface area (Å²) in [7, 11) is -2.31. The van der Waals surface area contributed by atoms with Gasteiger partial charge in [-0.15, -0.1) is 0 Å². The molecule has 0 saturated heterocycles. The lowest BCUT2D eigenvalue weighted by molar-refractivity contribution is -0.115. The van der Waals surface area contributed by atoms with Crippen molar-refractivity contribution in [1.82, 2.24) is 9.55 Å². The maximum absolute atomic E-state index is 13.7. The Balaban J connectivity index is 1.76. The predicted molar refractivity (Wildman–Crippen MR) is 147 cm³/mol. The highest BCUT2D eigenvalue weighted by molar-refractivity contribution is 8.00. The van der Waals surface area contributed by atoms with Gasteiger partial charge < -0.3 is 14.6 Å². The van der Waals surface area contributed by atoms with Crippen molar-refractivity contribution in [3.05, 3.63) is 77.9 Å². The molecule has 10 heteroatoms. The second-order valence-corrected chi connectivity index (χ2v) is 11.3. The van der Waals surface area contributed by atoms with Gasteiger partial charge in [-0.1, -0.05) is 61.5 Å². The van der Waals surface area contributed by atoms with Gasteiger partial charge in [0, 0.05) is 6.54 Å². The average molecular weight is 539 g/mol. The Morgan fingerprint density at radius 2 is 1.89 bits per heavy atom. The van der Waals surface area contributed by atoms with Gasteiger partial charge in [-0.25, -0.2) is 18.5 Å². The molecule has 0 aliphatic heterocycles. The summed E-state index contributed by atoms with van der Waals surface area (Å²) in [5.74, 6) is 0.348. The molecule has 0 radical (unpaired) electrons. The Hall–Kier alpha value is -3.34. The van der Waals surface area contributed by atoms with Crippen LogP contribution >= 0.6 is 11.8 Å². The number of methoxy groups -OCH3 is 1. The molecule has 8 nitrogen and oxygen atoms in total. The summed E-state index contributed by atoms with van der Waals surface area (Å²) in [6.45, 7) is 4.73. The number of fused-ring (bicyclic) bond motifs is 1. The lowest BCUT2D eigenvalue weighted by atomic mass is 10.1. The first-order valence-electron chi connectivity index (χ1n) is 11.9. The van der Waals surface area contributed by atoms with Crippen molar-refractivity contribution >= 4 is 44.4 Å². The Bertz CT molecular complexity index is 1520. The van der Waals surface area contributed by atoms with Crippen LogP contribution in [0.4, 0.5) is 5.69 Å². The molecule has 0 unspecified atom stereocenters. The molecule has 0 fully saturated rings. The number of nitrogens with zero attached hydrogens (tertiary/aromatic N) is 2. The monoisotopic (exact) mass is 538 g/mol. The SMILES string of the molecule is CCCCn1c(S[C@@H](C(=O)Nc2cc(C)ccc2OC)c2ccccc2)nc2cc(S(N)(=O)=O)ccc21. The number of amides is 1. The number of rotatable bonds is 10. The van der Waals surface area contributed by atoms with E-state index in [2.05, 4.69) is 12.2 Å². The van der Waals surface area contributed by atoms with E-state index in [4.69, 9.17) is 14.9 Å².